The van der Waals surface area contributed by atoms with Crippen LogP contribution in [0, 0.1) is 0 Å². The number of amidine groups is 1. The Labute approximate surface area is 230 Å². The summed E-state index contributed by atoms with van der Waals surface area (Å²) in [6.07, 6.45) is 2.10. The van der Waals surface area contributed by atoms with E-state index >= 15 is 0 Å². The van der Waals surface area contributed by atoms with Crippen LogP contribution < -0.4 is 9.47 Å². The van der Waals surface area contributed by atoms with E-state index in [-0.39, 0.29) is 24.6 Å². The van der Waals surface area contributed by atoms with Crippen LogP contribution in [-0.2, 0) is 20.7 Å². The van der Waals surface area contributed by atoms with E-state index in [1.807, 2.05) is 68.6 Å². The Morgan fingerprint density at radius 3 is 2.44 bits per heavy atom. The minimum atomic E-state index is -0.754. The molecule has 0 bridgehead atoms. The number of fused-ring (bicyclic) bond motifs is 1. The summed E-state index contributed by atoms with van der Waals surface area (Å²) in [5.41, 5.74) is 1.90. The highest BCUT2D eigenvalue weighted by atomic mass is 16.6. The van der Waals surface area contributed by atoms with Crippen molar-refractivity contribution in [2.45, 2.75) is 64.6 Å². The topological polar surface area (TPSA) is 93.0 Å². The number of esters is 1. The first-order chi connectivity index (χ1) is 18.9. The lowest BCUT2D eigenvalue weighted by Crippen LogP contribution is -2.56. The highest BCUT2D eigenvalue weighted by Crippen LogP contribution is 2.27. The molecule has 2 heterocycles. The third-order valence-corrected chi connectivity index (χ3v) is 6.77. The van der Waals surface area contributed by atoms with Gasteiger partial charge < -0.3 is 14.2 Å². The second kappa shape index (κ2) is 13.3. The molecule has 2 aliphatic rings. The van der Waals surface area contributed by atoms with Gasteiger partial charge in [0.2, 0.25) is 0 Å². The van der Waals surface area contributed by atoms with Crippen LogP contribution in [0.15, 0.2) is 64.7 Å². The van der Waals surface area contributed by atoms with Gasteiger partial charge in [0, 0.05) is 19.9 Å². The number of nitrogens with zero attached hydrogens (tertiary/aromatic N) is 4. The highest BCUT2D eigenvalue weighted by Gasteiger charge is 2.46. The Balaban J connectivity index is 1.35. The molecule has 0 saturated heterocycles. The summed E-state index contributed by atoms with van der Waals surface area (Å²) < 4.78 is 17.1. The van der Waals surface area contributed by atoms with Gasteiger partial charge in [0.15, 0.2) is 12.1 Å². The first-order valence-corrected chi connectivity index (χ1v) is 13.7. The van der Waals surface area contributed by atoms with Crippen molar-refractivity contribution in [1.82, 2.24) is 9.91 Å². The van der Waals surface area contributed by atoms with Crippen LogP contribution >= 0.6 is 0 Å². The fourth-order valence-corrected chi connectivity index (χ4v) is 4.91. The molecule has 1 amide bonds. The monoisotopic (exact) mass is 534 g/mol. The van der Waals surface area contributed by atoms with Crippen LogP contribution in [0.3, 0.4) is 0 Å². The third-order valence-electron chi connectivity index (χ3n) is 6.77. The van der Waals surface area contributed by atoms with Gasteiger partial charge in [-0.1, -0.05) is 50.6 Å². The van der Waals surface area contributed by atoms with Crippen LogP contribution in [0.5, 0.6) is 11.5 Å². The lowest BCUT2D eigenvalue weighted by molar-refractivity contribution is -0.151. The van der Waals surface area contributed by atoms with Gasteiger partial charge in [-0.3, -0.25) is 19.7 Å². The number of carbonyl (C=O) groups is 2. The average Bonchev–Trinajstić information content (AvgIpc) is 3.26. The van der Waals surface area contributed by atoms with E-state index in [4.69, 9.17) is 19.2 Å². The van der Waals surface area contributed by atoms with E-state index < -0.39 is 12.1 Å². The van der Waals surface area contributed by atoms with Crippen molar-refractivity contribution in [2.75, 3.05) is 26.8 Å². The Morgan fingerprint density at radius 2 is 1.77 bits per heavy atom. The molecule has 0 spiro atoms. The summed E-state index contributed by atoms with van der Waals surface area (Å²) >= 11 is 0. The molecule has 4 rings (SSSR count). The molecule has 0 radical (unpaired) electrons. The van der Waals surface area contributed by atoms with Crippen LogP contribution in [0.2, 0.25) is 0 Å². The van der Waals surface area contributed by atoms with Gasteiger partial charge in [-0.05, 0) is 43.2 Å². The molecule has 208 valence electrons. The predicted molar refractivity (Wildman–Crippen MR) is 150 cm³/mol. The van der Waals surface area contributed by atoms with E-state index in [0.717, 1.165) is 30.0 Å². The Bertz CT molecular complexity index is 1180. The van der Waals surface area contributed by atoms with Crippen LogP contribution in [0.1, 0.15) is 45.6 Å². The number of para-hydroxylation sites is 1. The average molecular weight is 535 g/mol. The largest absolute Gasteiger partial charge is 0.492 e. The number of aliphatic imine (C=N–C) groups is 1. The van der Waals surface area contributed by atoms with Crippen molar-refractivity contribution in [3.63, 3.8) is 0 Å². The molecule has 2 aromatic rings. The summed E-state index contributed by atoms with van der Waals surface area (Å²) in [4.78, 5) is 32.5. The summed E-state index contributed by atoms with van der Waals surface area (Å²) in [7, 11) is 1.85. The lowest BCUT2D eigenvalue weighted by Gasteiger charge is -2.35. The molecule has 0 fully saturated rings. The minimum absolute atomic E-state index is 0.0200. The molecule has 0 saturated carbocycles. The molecule has 9 nitrogen and oxygen atoms in total. The van der Waals surface area contributed by atoms with E-state index in [0.29, 0.717) is 37.5 Å². The van der Waals surface area contributed by atoms with Crippen LogP contribution in [0.25, 0.3) is 0 Å². The molecule has 9 heteroatoms. The SMILES string of the molecule is CCCC1=NN(C)C2C(=O)N(CCOc3ccc(C[C@H](Oc4ccccc4)C(=O)OCC)cc3)C(CC)=NC12. The van der Waals surface area contributed by atoms with Gasteiger partial charge in [0.05, 0.1) is 18.9 Å². The maximum Gasteiger partial charge on any atom is 0.347 e. The molecule has 3 atom stereocenters. The second-order valence-electron chi connectivity index (χ2n) is 9.56. The Hall–Kier alpha value is -3.88. The number of likely N-dealkylation sites (N-methyl/N-ethyl adjacent to an activating group) is 1. The second-order valence-corrected chi connectivity index (χ2v) is 9.56. The van der Waals surface area contributed by atoms with Gasteiger partial charge in [0.1, 0.15) is 30.0 Å². The number of ether oxygens (including phenoxy) is 3. The van der Waals surface area contributed by atoms with E-state index in [1.54, 1.807) is 16.8 Å². The molecule has 0 aliphatic carbocycles. The lowest BCUT2D eigenvalue weighted by atomic mass is 9.98. The maximum absolute atomic E-state index is 13.4. The van der Waals surface area contributed by atoms with Crippen LogP contribution in [0.4, 0.5) is 0 Å². The molecular weight excluding hydrogens is 496 g/mol. The number of benzene rings is 2. The fraction of sp³-hybridized carbons (Fsp3) is 0.467. The zero-order valence-electron chi connectivity index (χ0n) is 23.2. The molecule has 0 aromatic heterocycles. The first kappa shape index (κ1) is 28.1. The summed E-state index contributed by atoms with van der Waals surface area (Å²) in [6, 6.07) is 16.2. The molecule has 2 unspecified atom stereocenters. The van der Waals surface area contributed by atoms with Crippen molar-refractivity contribution >= 4 is 23.4 Å². The molecule has 39 heavy (non-hydrogen) atoms. The van der Waals surface area contributed by atoms with Crippen molar-refractivity contribution in [3.05, 3.63) is 60.2 Å². The van der Waals surface area contributed by atoms with Gasteiger partial charge >= 0.3 is 5.97 Å². The summed E-state index contributed by atoms with van der Waals surface area (Å²) in [5.74, 6) is 1.69. The highest BCUT2D eigenvalue weighted by molar-refractivity contribution is 6.09. The predicted octanol–water partition coefficient (Wildman–Crippen LogP) is 4.11. The molecular formula is C30H38N4O5. The molecule has 2 aromatic carbocycles. The van der Waals surface area contributed by atoms with Gasteiger partial charge in [-0.25, -0.2) is 4.79 Å². The summed E-state index contributed by atoms with van der Waals surface area (Å²) in [5, 5.41) is 6.36. The number of hydrogen-bond donors (Lipinski definition) is 0. The minimum Gasteiger partial charge on any atom is -0.492 e. The smallest absolute Gasteiger partial charge is 0.347 e. The summed E-state index contributed by atoms with van der Waals surface area (Å²) in [6.45, 7) is 6.92. The Kier molecular flexibility index (Phi) is 9.57. The molecule has 2 aliphatic heterocycles. The maximum atomic E-state index is 13.4. The first-order valence-electron chi connectivity index (χ1n) is 13.7. The van der Waals surface area contributed by atoms with Gasteiger partial charge in [-0.15, -0.1) is 0 Å². The normalized spacial score (nSPS) is 19.2. The Morgan fingerprint density at radius 1 is 1.03 bits per heavy atom. The number of amides is 1. The van der Waals surface area contributed by atoms with Crippen molar-refractivity contribution < 1.29 is 23.8 Å². The quantitative estimate of drug-likeness (QED) is 0.359. The van der Waals surface area contributed by atoms with Gasteiger partial charge in [-0.2, -0.15) is 5.10 Å². The number of hydrogen-bond acceptors (Lipinski definition) is 8. The molecule has 0 N–H and O–H groups in total. The number of rotatable bonds is 13. The number of hydrazone groups is 1. The zero-order chi connectivity index (χ0) is 27.8. The van der Waals surface area contributed by atoms with Crippen molar-refractivity contribution in [3.8, 4) is 11.5 Å². The number of carbonyl (C=O) groups excluding carboxylic acids is 2. The zero-order valence-corrected chi connectivity index (χ0v) is 23.2. The van der Waals surface area contributed by atoms with Crippen molar-refractivity contribution in [2.24, 2.45) is 10.1 Å². The van der Waals surface area contributed by atoms with E-state index in [2.05, 4.69) is 12.0 Å². The van der Waals surface area contributed by atoms with E-state index in [9.17, 15) is 9.59 Å². The fourth-order valence-electron chi connectivity index (χ4n) is 4.91. The van der Waals surface area contributed by atoms with Gasteiger partial charge in [0.25, 0.3) is 5.91 Å². The van der Waals surface area contributed by atoms with E-state index in [1.165, 1.54) is 0 Å². The van der Waals surface area contributed by atoms with Crippen LogP contribution in [-0.4, -0.2) is 78.3 Å². The van der Waals surface area contributed by atoms with Crippen molar-refractivity contribution in [1.29, 1.82) is 0 Å². The third kappa shape index (κ3) is 6.77. The standard InChI is InChI=1S/C30H38N4O5/c1-5-11-24-27-28(33(4)32-24)29(35)34(26(6-2)31-27)18-19-38-22-16-14-21(15-17-22)20-25(30(36)37-7-3)39-23-12-9-8-10-13-23/h8-10,12-17,25,27-28H,5-7,11,18-20H2,1-4H3/t25-,27?,28?/m0/s1.